The van der Waals surface area contributed by atoms with Crippen molar-refractivity contribution in [3.05, 3.63) is 28.5 Å². The first-order chi connectivity index (χ1) is 9.63. The Balaban J connectivity index is 1.54. The van der Waals surface area contributed by atoms with Gasteiger partial charge in [-0.15, -0.1) is 0 Å². The van der Waals surface area contributed by atoms with Crippen molar-refractivity contribution in [3.8, 4) is 0 Å². The lowest BCUT2D eigenvalue weighted by molar-refractivity contribution is 0.0917. The molecule has 108 valence electrons. The van der Waals surface area contributed by atoms with Crippen LogP contribution >= 0.6 is 15.9 Å². The van der Waals surface area contributed by atoms with E-state index in [0.717, 1.165) is 18.6 Å². The van der Waals surface area contributed by atoms with Crippen molar-refractivity contribution >= 4 is 21.8 Å². The molecule has 0 radical (unpaired) electrons. The standard InChI is InChI=1S/C15H20BrN3O/c1-19-12-2-3-13(19)7-10(6-12)9-18-15(20)11-4-5-17-14(16)8-11/h4-5,8,10,12-13H,2-3,6-7,9H2,1H3,(H,18,20). The number of rotatable bonds is 3. The lowest BCUT2D eigenvalue weighted by Crippen LogP contribution is -2.43. The first kappa shape index (κ1) is 14.0. The Hall–Kier alpha value is -0.940. The highest BCUT2D eigenvalue weighted by molar-refractivity contribution is 9.10. The van der Waals surface area contributed by atoms with Crippen LogP contribution in [0.25, 0.3) is 0 Å². The van der Waals surface area contributed by atoms with Crippen molar-refractivity contribution in [1.29, 1.82) is 0 Å². The number of halogens is 1. The molecular formula is C15H20BrN3O. The third-order valence-corrected chi connectivity index (χ3v) is 5.17. The summed E-state index contributed by atoms with van der Waals surface area (Å²) in [5.41, 5.74) is 0.669. The summed E-state index contributed by atoms with van der Waals surface area (Å²) in [6.45, 7) is 0.791. The molecule has 1 amide bonds. The fourth-order valence-electron chi connectivity index (χ4n) is 3.57. The molecule has 3 heterocycles. The van der Waals surface area contributed by atoms with E-state index in [-0.39, 0.29) is 5.91 Å². The van der Waals surface area contributed by atoms with E-state index in [0.29, 0.717) is 16.1 Å². The summed E-state index contributed by atoms with van der Waals surface area (Å²) in [6.07, 6.45) is 6.72. The normalized spacial score (nSPS) is 29.4. The molecule has 2 aliphatic heterocycles. The summed E-state index contributed by atoms with van der Waals surface area (Å²) in [5, 5.41) is 3.07. The van der Waals surface area contributed by atoms with E-state index < -0.39 is 0 Å². The molecule has 2 unspecified atom stereocenters. The predicted molar refractivity (Wildman–Crippen MR) is 81.6 cm³/mol. The van der Waals surface area contributed by atoms with Crippen LogP contribution in [-0.4, -0.2) is 41.5 Å². The number of piperidine rings is 1. The molecule has 2 atom stereocenters. The summed E-state index contributed by atoms with van der Waals surface area (Å²) in [5.74, 6) is 0.623. The number of hydrogen-bond acceptors (Lipinski definition) is 3. The van der Waals surface area contributed by atoms with Gasteiger partial charge in [-0.3, -0.25) is 4.79 Å². The second-order valence-electron chi connectivity index (χ2n) is 5.97. The van der Waals surface area contributed by atoms with E-state index in [2.05, 4.69) is 38.2 Å². The van der Waals surface area contributed by atoms with Crippen LogP contribution in [0.1, 0.15) is 36.0 Å². The van der Waals surface area contributed by atoms with Gasteiger partial charge in [-0.05, 0) is 66.7 Å². The molecule has 2 saturated heterocycles. The fraction of sp³-hybridized carbons (Fsp3) is 0.600. The van der Waals surface area contributed by atoms with E-state index in [1.165, 1.54) is 25.7 Å². The third-order valence-electron chi connectivity index (χ3n) is 4.74. The van der Waals surface area contributed by atoms with Gasteiger partial charge >= 0.3 is 0 Å². The lowest BCUT2D eigenvalue weighted by Gasteiger charge is -2.36. The molecular weight excluding hydrogens is 318 g/mol. The van der Waals surface area contributed by atoms with Crippen LogP contribution in [0, 0.1) is 5.92 Å². The average molecular weight is 338 g/mol. The van der Waals surface area contributed by atoms with Crippen molar-refractivity contribution in [2.24, 2.45) is 5.92 Å². The van der Waals surface area contributed by atoms with Crippen molar-refractivity contribution < 1.29 is 4.79 Å². The summed E-state index contributed by atoms with van der Waals surface area (Å²) < 4.78 is 0.697. The molecule has 2 aliphatic rings. The van der Waals surface area contributed by atoms with Gasteiger partial charge < -0.3 is 10.2 Å². The molecule has 1 N–H and O–H groups in total. The smallest absolute Gasteiger partial charge is 0.251 e. The van der Waals surface area contributed by atoms with Crippen LogP contribution in [0.3, 0.4) is 0 Å². The van der Waals surface area contributed by atoms with E-state index in [4.69, 9.17) is 0 Å². The molecule has 3 rings (SSSR count). The van der Waals surface area contributed by atoms with Crippen LogP contribution in [0.5, 0.6) is 0 Å². The second-order valence-corrected chi connectivity index (χ2v) is 6.78. The molecule has 1 aromatic rings. The maximum atomic E-state index is 12.1. The summed E-state index contributed by atoms with van der Waals surface area (Å²) in [6, 6.07) is 4.96. The van der Waals surface area contributed by atoms with Gasteiger partial charge in [0.1, 0.15) is 4.60 Å². The average Bonchev–Trinajstić information content (AvgIpc) is 2.66. The van der Waals surface area contributed by atoms with E-state index in [1.807, 2.05) is 0 Å². The molecule has 4 nitrogen and oxygen atoms in total. The second kappa shape index (κ2) is 5.82. The van der Waals surface area contributed by atoms with E-state index in [1.54, 1.807) is 18.3 Å². The number of nitrogens with zero attached hydrogens (tertiary/aromatic N) is 2. The van der Waals surface area contributed by atoms with E-state index >= 15 is 0 Å². The zero-order chi connectivity index (χ0) is 14.1. The van der Waals surface area contributed by atoms with Crippen molar-refractivity contribution in [2.45, 2.75) is 37.8 Å². The van der Waals surface area contributed by atoms with Crippen LogP contribution in [0.15, 0.2) is 22.9 Å². The highest BCUT2D eigenvalue weighted by Gasteiger charge is 2.38. The molecule has 0 saturated carbocycles. The van der Waals surface area contributed by atoms with Gasteiger partial charge in [-0.25, -0.2) is 4.98 Å². The van der Waals surface area contributed by atoms with Crippen LogP contribution in [-0.2, 0) is 0 Å². The Kier molecular flexibility index (Phi) is 4.08. The molecule has 2 bridgehead atoms. The Morgan fingerprint density at radius 3 is 2.80 bits per heavy atom. The molecule has 5 heteroatoms. The maximum absolute atomic E-state index is 12.1. The Morgan fingerprint density at radius 2 is 2.15 bits per heavy atom. The maximum Gasteiger partial charge on any atom is 0.251 e. The number of amides is 1. The Morgan fingerprint density at radius 1 is 1.45 bits per heavy atom. The van der Waals surface area contributed by atoms with E-state index in [9.17, 15) is 4.79 Å². The quantitative estimate of drug-likeness (QED) is 0.861. The number of carbonyl (C=O) groups is 1. The third kappa shape index (κ3) is 2.88. The lowest BCUT2D eigenvalue weighted by atomic mass is 9.91. The van der Waals surface area contributed by atoms with Crippen LogP contribution < -0.4 is 5.32 Å². The van der Waals surface area contributed by atoms with Gasteiger partial charge in [0.05, 0.1) is 0 Å². The van der Waals surface area contributed by atoms with Gasteiger partial charge in [0, 0.05) is 30.4 Å². The number of nitrogens with one attached hydrogen (secondary N) is 1. The summed E-state index contributed by atoms with van der Waals surface area (Å²) in [4.78, 5) is 18.7. The van der Waals surface area contributed by atoms with Gasteiger partial charge in [-0.2, -0.15) is 0 Å². The number of carbonyl (C=O) groups excluding carboxylic acids is 1. The molecule has 0 aromatic carbocycles. The van der Waals surface area contributed by atoms with Crippen molar-refractivity contribution in [3.63, 3.8) is 0 Å². The highest BCUT2D eigenvalue weighted by atomic mass is 79.9. The Bertz CT molecular complexity index is 494. The van der Waals surface area contributed by atoms with Crippen LogP contribution in [0.2, 0.25) is 0 Å². The predicted octanol–water partition coefficient (Wildman–Crippen LogP) is 2.45. The molecule has 1 aromatic heterocycles. The minimum Gasteiger partial charge on any atom is -0.352 e. The molecule has 0 spiro atoms. The molecule has 20 heavy (non-hydrogen) atoms. The minimum absolute atomic E-state index is 0.000579. The summed E-state index contributed by atoms with van der Waals surface area (Å²) in [7, 11) is 2.24. The largest absolute Gasteiger partial charge is 0.352 e. The Labute approximate surface area is 128 Å². The first-order valence-corrected chi connectivity index (χ1v) is 8.04. The van der Waals surface area contributed by atoms with Gasteiger partial charge in [0.15, 0.2) is 0 Å². The zero-order valence-corrected chi connectivity index (χ0v) is 13.3. The SMILES string of the molecule is CN1C2CCC1CC(CNC(=O)c1ccnc(Br)c1)C2. The monoisotopic (exact) mass is 337 g/mol. The number of pyridine rings is 1. The van der Waals surface area contributed by atoms with Crippen molar-refractivity contribution in [1.82, 2.24) is 15.2 Å². The number of aromatic nitrogens is 1. The van der Waals surface area contributed by atoms with Gasteiger partial charge in [0.2, 0.25) is 0 Å². The van der Waals surface area contributed by atoms with Crippen molar-refractivity contribution in [2.75, 3.05) is 13.6 Å². The molecule has 2 fully saturated rings. The number of hydrogen-bond donors (Lipinski definition) is 1. The first-order valence-electron chi connectivity index (χ1n) is 7.25. The minimum atomic E-state index is -0.000579. The van der Waals surface area contributed by atoms with Gasteiger partial charge in [0.25, 0.3) is 5.91 Å². The topological polar surface area (TPSA) is 45.2 Å². The number of fused-ring (bicyclic) bond motifs is 2. The van der Waals surface area contributed by atoms with Crippen LogP contribution in [0.4, 0.5) is 0 Å². The highest BCUT2D eigenvalue weighted by Crippen LogP contribution is 2.36. The molecule has 0 aliphatic carbocycles. The fourth-order valence-corrected chi connectivity index (χ4v) is 3.94. The summed E-state index contributed by atoms with van der Waals surface area (Å²) >= 11 is 3.29. The zero-order valence-electron chi connectivity index (χ0n) is 11.7. The van der Waals surface area contributed by atoms with Gasteiger partial charge in [-0.1, -0.05) is 0 Å².